The molecule has 2 N–H and O–H groups in total. The molecule has 2 aromatic heterocycles. The van der Waals surface area contributed by atoms with Crippen LogP contribution in [0.2, 0.25) is 0 Å². The Morgan fingerprint density at radius 1 is 1.19 bits per heavy atom. The Bertz CT molecular complexity index is 1480. The molecule has 11 heteroatoms. The summed E-state index contributed by atoms with van der Waals surface area (Å²) in [4.78, 5) is 19.4. The molecule has 2 aromatic carbocycles. The molecular formula is C26H24FN5O5. The summed E-state index contributed by atoms with van der Waals surface area (Å²) in [5.74, 6) is 0.0412. The number of aromatic nitrogens is 3. The fourth-order valence-electron chi connectivity index (χ4n) is 3.98. The van der Waals surface area contributed by atoms with Crippen LogP contribution in [0, 0.1) is 17.1 Å². The van der Waals surface area contributed by atoms with Gasteiger partial charge in [-0.05, 0) is 37.3 Å². The van der Waals surface area contributed by atoms with Crippen LogP contribution in [0.1, 0.15) is 12.6 Å². The molecular weight excluding hydrogens is 481 g/mol. The van der Waals surface area contributed by atoms with Crippen LogP contribution in [-0.4, -0.2) is 52.5 Å². The number of hydrogen-bond acceptors (Lipinski definition) is 8. The zero-order valence-corrected chi connectivity index (χ0v) is 20.2. The van der Waals surface area contributed by atoms with Crippen molar-refractivity contribution in [2.45, 2.75) is 13.5 Å². The Morgan fingerprint density at radius 2 is 2.03 bits per heavy atom. The van der Waals surface area contributed by atoms with Crippen LogP contribution in [-0.2, 0) is 11.3 Å². The molecule has 4 aromatic rings. The van der Waals surface area contributed by atoms with Crippen molar-refractivity contribution >= 4 is 22.7 Å². The van der Waals surface area contributed by atoms with Crippen molar-refractivity contribution in [3.8, 4) is 34.6 Å². The number of anilines is 1. The normalized spacial score (nSPS) is 10.6. The topological polar surface area (TPSA) is 132 Å². The first-order chi connectivity index (χ1) is 18.0. The fourth-order valence-corrected chi connectivity index (χ4v) is 3.98. The number of fused-ring (bicyclic) bond motifs is 1. The summed E-state index contributed by atoms with van der Waals surface area (Å²) in [6.07, 6.45) is 1.40. The largest absolute Gasteiger partial charge is 0.493 e. The maximum atomic E-state index is 14.6. The minimum absolute atomic E-state index is 0.237. The van der Waals surface area contributed by atoms with E-state index in [1.54, 1.807) is 41.0 Å². The Balaban J connectivity index is 1.54. The molecule has 0 fully saturated rings. The molecule has 0 saturated carbocycles. The van der Waals surface area contributed by atoms with Crippen molar-refractivity contribution in [2.24, 2.45) is 0 Å². The van der Waals surface area contributed by atoms with E-state index < -0.39 is 18.4 Å². The summed E-state index contributed by atoms with van der Waals surface area (Å²) < 4.78 is 32.5. The van der Waals surface area contributed by atoms with Gasteiger partial charge in [-0.25, -0.2) is 19.2 Å². The Kier molecular flexibility index (Phi) is 7.68. The van der Waals surface area contributed by atoms with Gasteiger partial charge in [0, 0.05) is 30.1 Å². The van der Waals surface area contributed by atoms with Crippen molar-refractivity contribution in [2.75, 3.05) is 32.2 Å². The lowest BCUT2D eigenvalue weighted by Crippen LogP contribution is -2.13. The van der Waals surface area contributed by atoms with Crippen LogP contribution in [0.15, 0.2) is 48.8 Å². The molecule has 0 aliphatic heterocycles. The zero-order chi connectivity index (χ0) is 26.4. The summed E-state index contributed by atoms with van der Waals surface area (Å²) in [7, 11) is 1.45. The van der Waals surface area contributed by atoms with E-state index in [1.165, 1.54) is 19.5 Å². The maximum Gasteiger partial charge on any atom is 0.341 e. The van der Waals surface area contributed by atoms with Crippen molar-refractivity contribution in [3.05, 3.63) is 60.3 Å². The molecule has 0 spiro atoms. The molecule has 10 nitrogen and oxygen atoms in total. The first kappa shape index (κ1) is 25.2. The van der Waals surface area contributed by atoms with E-state index in [-0.39, 0.29) is 12.2 Å². The molecule has 0 aliphatic rings. The van der Waals surface area contributed by atoms with Gasteiger partial charge >= 0.3 is 5.97 Å². The van der Waals surface area contributed by atoms with Crippen LogP contribution >= 0.6 is 0 Å². The minimum Gasteiger partial charge on any atom is -0.493 e. The van der Waals surface area contributed by atoms with Crippen molar-refractivity contribution < 1.29 is 28.5 Å². The molecule has 2 heterocycles. The maximum absolute atomic E-state index is 14.6. The Hall–Kier alpha value is -4.85. The average molecular weight is 506 g/mol. The second-order valence-electron chi connectivity index (χ2n) is 7.77. The number of carbonyl (C=O) groups is 1. The first-order valence-electron chi connectivity index (χ1n) is 11.4. The van der Waals surface area contributed by atoms with E-state index in [9.17, 15) is 14.4 Å². The Labute approximate surface area is 211 Å². The van der Waals surface area contributed by atoms with Crippen LogP contribution in [0.5, 0.6) is 17.2 Å². The smallest absolute Gasteiger partial charge is 0.341 e. The highest BCUT2D eigenvalue weighted by Crippen LogP contribution is 2.35. The highest BCUT2D eigenvalue weighted by molar-refractivity contribution is 5.90. The second kappa shape index (κ2) is 11.3. The Morgan fingerprint density at radius 3 is 2.76 bits per heavy atom. The lowest BCUT2D eigenvalue weighted by molar-refractivity contribution is -0.139. The number of hydrogen-bond donors (Lipinski definition) is 2. The molecule has 0 bridgehead atoms. The summed E-state index contributed by atoms with van der Waals surface area (Å²) >= 11 is 0. The first-order valence-corrected chi connectivity index (χ1v) is 11.4. The molecule has 0 amide bonds. The highest BCUT2D eigenvalue weighted by Gasteiger charge is 2.20. The lowest BCUT2D eigenvalue weighted by Gasteiger charge is -2.13. The summed E-state index contributed by atoms with van der Waals surface area (Å²) in [5.41, 5.74) is 1.85. The summed E-state index contributed by atoms with van der Waals surface area (Å²) in [5, 5.41) is 22.3. The van der Waals surface area contributed by atoms with Gasteiger partial charge in [0.25, 0.3) is 0 Å². The molecule has 37 heavy (non-hydrogen) atoms. The molecule has 4 rings (SSSR count). The van der Waals surface area contributed by atoms with E-state index in [1.807, 2.05) is 6.92 Å². The fraction of sp³-hybridized carbons (Fsp3) is 0.231. The van der Waals surface area contributed by atoms with Gasteiger partial charge in [0.1, 0.15) is 24.0 Å². The molecule has 190 valence electrons. The lowest BCUT2D eigenvalue weighted by atomic mass is 10.1. The SMILES string of the molecule is CCOc1cc(-c2cc(NCCn3c(C#N)c(OC)c4cccc(F)c43)ncn2)ccc1OCC(=O)O. The third kappa shape index (κ3) is 5.38. The standard InChI is InChI=1S/C26H24FN5O5/c1-3-36-22-11-16(7-8-21(22)37-14-24(33)34)19-12-23(31-15-30-19)29-9-10-32-20(13-28)26(35-2)17-5-4-6-18(27)25(17)32/h4-8,11-12,15H,3,9-10,14H2,1-2H3,(H,33,34)(H,29,30,31). The van der Waals surface area contributed by atoms with Crippen molar-refractivity contribution in [1.29, 1.82) is 5.26 Å². The van der Waals surface area contributed by atoms with Crippen LogP contribution in [0.4, 0.5) is 10.2 Å². The van der Waals surface area contributed by atoms with E-state index in [0.717, 1.165) is 0 Å². The number of methoxy groups -OCH3 is 1. The van der Waals surface area contributed by atoms with Gasteiger partial charge < -0.3 is 29.2 Å². The van der Waals surface area contributed by atoms with Gasteiger partial charge in [0.2, 0.25) is 0 Å². The molecule has 0 saturated heterocycles. The quantitative estimate of drug-likeness (QED) is 0.309. The summed E-state index contributed by atoms with van der Waals surface area (Å²) in [6.45, 7) is 2.33. The van der Waals surface area contributed by atoms with Crippen LogP contribution in [0.3, 0.4) is 0 Å². The molecule has 0 aliphatic carbocycles. The molecule has 0 unspecified atom stereocenters. The van der Waals surface area contributed by atoms with Crippen LogP contribution in [0.25, 0.3) is 22.2 Å². The molecule has 0 atom stereocenters. The number of nitriles is 1. The van der Waals surface area contributed by atoms with E-state index >= 15 is 0 Å². The van der Waals surface area contributed by atoms with Crippen molar-refractivity contribution in [1.82, 2.24) is 14.5 Å². The number of halogens is 1. The number of benzene rings is 2. The minimum atomic E-state index is -1.09. The van der Waals surface area contributed by atoms with E-state index in [4.69, 9.17) is 19.3 Å². The third-order valence-electron chi connectivity index (χ3n) is 5.50. The third-order valence-corrected chi connectivity index (χ3v) is 5.50. The monoisotopic (exact) mass is 505 g/mol. The van der Waals surface area contributed by atoms with Gasteiger partial charge in [-0.2, -0.15) is 5.26 Å². The number of aliphatic carboxylic acids is 1. The predicted octanol–water partition coefficient (Wildman–Crippen LogP) is 4.09. The molecule has 0 radical (unpaired) electrons. The van der Waals surface area contributed by atoms with E-state index in [2.05, 4.69) is 21.4 Å². The number of carboxylic acid groups (broad SMARTS) is 1. The number of nitrogens with zero attached hydrogens (tertiary/aromatic N) is 4. The highest BCUT2D eigenvalue weighted by atomic mass is 19.1. The number of nitrogens with one attached hydrogen (secondary N) is 1. The van der Waals surface area contributed by atoms with Gasteiger partial charge in [0.15, 0.2) is 29.5 Å². The number of ether oxygens (including phenoxy) is 3. The summed E-state index contributed by atoms with van der Waals surface area (Å²) in [6, 6.07) is 13.6. The number of rotatable bonds is 11. The van der Waals surface area contributed by atoms with Gasteiger partial charge in [-0.1, -0.05) is 6.07 Å². The van der Waals surface area contributed by atoms with Gasteiger partial charge in [-0.15, -0.1) is 0 Å². The number of carboxylic acids is 1. The van der Waals surface area contributed by atoms with Crippen molar-refractivity contribution in [3.63, 3.8) is 0 Å². The zero-order valence-electron chi connectivity index (χ0n) is 20.2. The number of para-hydroxylation sites is 1. The predicted molar refractivity (Wildman–Crippen MR) is 133 cm³/mol. The second-order valence-corrected chi connectivity index (χ2v) is 7.77. The van der Waals surface area contributed by atoms with Gasteiger partial charge in [-0.3, -0.25) is 0 Å². The van der Waals surface area contributed by atoms with Crippen LogP contribution < -0.4 is 19.5 Å². The van der Waals surface area contributed by atoms with E-state index in [0.29, 0.717) is 58.4 Å². The van der Waals surface area contributed by atoms with Gasteiger partial charge in [0.05, 0.1) is 24.9 Å². The average Bonchev–Trinajstić information content (AvgIpc) is 3.22.